The molecule has 0 radical (unpaired) electrons. The summed E-state index contributed by atoms with van der Waals surface area (Å²) in [4.78, 5) is 0. The Labute approximate surface area is 171 Å². The van der Waals surface area contributed by atoms with Crippen LogP contribution in [0.15, 0.2) is 54.6 Å². The van der Waals surface area contributed by atoms with Crippen molar-refractivity contribution in [3.8, 4) is 0 Å². The third-order valence-corrected chi connectivity index (χ3v) is 13.7. The Balaban J connectivity index is 1.92. The molecule has 4 heteroatoms. The van der Waals surface area contributed by atoms with Crippen LogP contribution in [0.5, 0.6) is 0 Å². The average molecular weight is 392 g/mol. The van der Waals surface area contributed by atoms with Gasteiger partial charge in [0, 0.05) is 0 Å². The van der Waals surface area contributed by atoms with Crippen molar-refractivity contribution >= 4 is 31.0 Å². The van der Waals surface area contributed by atoms with Gasteiger partial charge in [-0.15, -0.1) is 0 Å². The lowest BCUT2D eigenvalue weighted by Crippen LogP contribution is -2.65. The quantitative estimate of drug-likeness (QED) is 0.764. The van der Waals surface area contributed by atoms with Gasteiger partial charge < -0.3 is 10.0 Å². The van der Waals surface area contributed by atoms with E-state index in [0.717, 1.165) is 11.1 Å². The van der Waals surface area contributed by atoms with E-state index in [1.807, 2.05) is 6.07 Å². The van der Waals surface area contributed by atoms with Crippen LogP contribution in [0.1, 0.15) is 64.2 Å². The Morgan fingerprint density at radius 2 is 1.18 bits per heavy atom. The summed E-state index contributed by atoms with van der Waals surface area (Å²) in [7, 11) is -3.43. The van der Waals surface area contributed by atoms with Gasteiger partial charge in [0.2, 0.25) is 0 Å². The summed E-state index contributed by atoms with van der Waals surface area (Å²) in [5, 5.41) is 22.8. The monoisotopic (exact) mass is 392 g/mol. The van der Waals surface area contributed by atoms with E-state index in [9.17, 15) is 10.0 Å². The van der Waals surface area contributed by atoms with E-state index >= 15 is 0 Å². The molecule has 2 aromatic rings. The minimum Gasteiger partial charge on any atom is -0.423 e. The number of benzene rings is 2. The van der Waals surface area contributed by atoms with Crippen LogP contribution in [0.4, 0.5) is 0 Å². The van der Waals surface area contributed by atoms with Gasteiger partial charge in [-0.05, 0) is 16.5 Å². The van der Waals surface area contributed by atoms with Gasteiger partial charge in [0.15, 0.2) is 0 Å². The Morgan fingerprint density at radius 1 is 0.643 bits per heavy atom. The first-order valence-corrected chi connectivity index (χ1v) is 13.4. The smallest absolute Gasteiger partial charge is 0.423 e. The van der Waals surface area contributed by atoms with Crippen LogP contribution in [-0.4, -0.2) is 25.2 Å². The molecule has 0 bridgehead atoms. The molecule has 0 spiro atoms. The SMILES string of the molecule is OB(O)c1cccc([Si](c2ccccc2)(C2CCCCC2)C2CCCCC2)c1. The summed E-state index contributed by atoms with van der Waals surface area (Å²) in [6.45, 7) is 0. The molecule has 0 saturated heterocycles. The topological polar surface area (TPSA) is 40.5 Å². The molecule has 4 rings (SSSR count). The van der Waals surface area contributed by atoms with E-state index in [4.69, 9.17) is 0 Å². The van der Waals surface area contributed by atoms with Gasteiger partial charge in [-0.25, -0.2) is 0 Å². The minimum atomic E-state index is -2.05. The molecular formula is C24H33BO2Si. The first kappa shape index (κ1) is 19.9. The van der Waals surface area contributed by atoms with E-state index in [1.54, 1.807) is 5.19 Å². The molecule has 2 N–H and O–H groups in total. The molecule has 28 heavy (non-hydrogen) atoms. The van der Waals surface area contributed by atoms with Crippen molar-refractivity contribution in [3.05, 3.63) is 54.6 Å². The maximum atomic E-state index is 9.88. The second-order valence-electron chi connectivity index (χ2n) is 8.90. The molecule has 2 nitrogen and oxygen atoms in total. The van der Waals surface area contributed by atoms with Crippen molar-refractivity contribution in [1.82, 2.24) is 0 Å². The summed E-state index contributed by atoms with van der Waals surface area (Å²) in [5.41, 5.74) is 2.17. The van der Waals surface area contributed by atoms with Crippen LogP contribution < -0.4 is 15.8 Å². The normalized spacial score (nSPS) is 19.5. The van der Waals surface area contributed by atoms with Crippen LogP contribution in [0.25, 0.3) is 0 Å². The zero-order valence-corrected chi connectivity index (χ0v) is 17.9. The van der Waals surface area contributed by atoms with Gasteiger partial charge >= 0.3 is 7.12 Å². The zero-order valence-electron chi connectivity index (χ0n) is 16.9. The molecule has 2 aliphatic rings. The van der Waals surface area contributed by atoms with Gasteiger partial charge in [0.05, 0.1) is 0 Å². The molecule has 2 saturated carbocycles. The highest BCUT2D eigenvalue weighted by Gasteiger charge is 2.50. The molecule has 2 aliphatic carbocycles. The predicted molar refractivity (Wildman–Crippen MR) is 121 cm³/mol. The van der Waals surface area contributed by atoms with Gasteiger partial charge in [-0.2, -0.15) is 0 Å². The van der Waals surface area contributed by atoms with Gasteiger partial charge in [0.25, 0.3) is 0 Å². The first-order chi connectivity index (χ1) is 13.7. The molecule has 0 heterocycles. The molecule has 0 aromatic heterocycles. The van der Waals surface area contributed by atoms with E-state index in [1.165, 1.54) is 69.4 Å². The van der Waals surface area contributed by atoms with Gasteiger partial charge in [-0.1, -0.05) is 129 Å². The fourth-order valence-electron chi connectivity index (χ4n) is 6.23. The Morgan fingerprint density at radius 3 is 1.71 bits per heavy atom. The lowest BCUT2D eigenvalue weighted by atomic mass is 9.80. The summed E-state index contributed by atoms with van der Waals surface area (Å²) >= 11 is 0. The maximum Gasteiger partial charge on any atom is 0.488 e. The summed E-state index contributed by atoms with van der Waals surface area (Å²) in [5.74, 6) is 0. The van der Waals surface area contributed by atoms with E-state index < -0.39 is 15.2 Å². The third-order valence-electron chi connectivity index (χ3n) is 7.41. The number of hydrogen-bond acceptors (Lipinski definition) is 2. The van der Waals surface area contributed by atoms with Crippen molar-refractivity contribution in [1.29, 1.82) is 0 Å². The standard InChI is InChI=1S/C24H33BO2Si/c26-25(27)20-11-10-18-24(19-20)28(21-12-4-1-5-13-21,22-14-6-2-7-15-22)23-16-8-3-9-17-23/h1,4-5,10-13,18-19,22-23,26-27H,2-3,6-9,14-17H2. The second-order valence-corrected chi connectivity index (χ2v) is 13.4. The lowest BCUT2D eigenvalue weighted by molar-refractivity contribution is 0.426. The first-order valence-electron chi connectivity index (χ1n) is 11.2. The molecular weight excluding hydrogens is 359 g/mol. The van der Waals surface area contributed by atoms with Crippen LogP contribution in [0.2, 0.25) is 11.1 Å². The van der Waals surface area contributed by atoms with E-state index in [2.05, 4.69) is 48.5 Å². The third kappa shape index (κ3) is 3.75. The van der Waals surface area contributed by atoms with Crippen molar-refractivity contribution in [2.45, 2.75) is 75.3 Å². The van der Waals surface area contributed by atoms with E-state index in [0.29, 0.717) is 5.46 Å². The lowest BCUT2D eigenvalue weighted by Gasteiger charge is -2.48. The number of rotatable bonds is 5. The maximum absolute atomic E-state index is 9.88. The summed E-state index contributed by atoms with van der Waals surface area (Å²) < 4.78 is 0. The van der Waals surface area contributed by atoms with Crippen molar-refractivity contribution in [3.63, 3.8) is 0 Å². The molecule has 0 atom stereocenters. The highest BCUT2D eigenvalue weighted by Crippen LogP contribution is 2.47. The molecule has 148 valence electrons. The van der Waals surface area contributed by atoms with Crippen LogP contribution >= 0.6 is 0 Å². The minimum absolute atomic E-state index is 0.650. The highest BCUT2D eigenvalue weighted by atomic mass is 28.3. The fraction of sp³-hybridized carbons (Fsp3) is 0.500. The van der Waals surface area contributed by atoms with E-state index in [-0.39, 0.29) is 0 Å². The molecule has 0 amide bonds. The molecule has 2 aromatic carbocycles. The van der Waals surface area contributed by atoms with Gasteiger partial charge in [-0.3, -0.25) is 0 Å². The Hall–Kier alpha value is -1.36. The van der Waals surface area contributed by atoms with Crippen molar-refractivity contribution in [2.24, 2.45) is 0 Å². The average Bonchev–Trinajstić information content (AvgIpc) is 2.77. The summed E-state index contributed by atoms with van der Waals surface area (Å²) in [6.07, 6.45) is 13.5. The fourth-order valence-corrected chi connectivity index (χ4v) is 13.3. The predicted octanol–water partition coefficient (Wildman–Crippen LogP) is 3.60. The molecule has 0 aliphatic heterocycles. The Bertz CT molecular complexity index is 734. The zero-order chi connectivity index (χ0) is 19.4. The van der Waals surface area contributed by atoms with Crippen molar-refractivity contribution < 1.29 is 10.0 Å². The van der Waals surface area contributed by atoms with Gasteiger partial charge in [0.1, 0.15) is 8.07 Å². The molecule has 0 unspecified atom stereocenters. The second kappa shape index (κ2) is 8.98. The van der Waals surface area contributed by atoms with Crippen molar-refractivity contribution in [2.75, 3.05) is 0 Å². The van der Waals surface area contributed by atoms with Crippen LogP contribution in [0, 0.1) is 0 Å². The summed E-state index contributed by atoms with van der Waals surface area (Å²) in [6, 6.07) is 19.7. The Kier molecular flexibility index (Phi) is 6.39. The van der Waals surface area contributed by atoms with Crippen LogP contribution in [-0.2, 0) is 0 Å². The number of hydrogen-bond donors (Lipinski definition) is 2. The molecule has 2 fully saturated rings. The highest BCUT2D eigenvalue weighted by molar-refractivity contribution is 7.04. The van der Waals surface area contributed by atoms with Crippen LogP contribution in [0.3, 0.4) is 0 Å². The largest absolute Gasteiger partial charge is 0.488 e.